The van der Waals surface area contributed by atoms with Gasteiger partial charge in [-0.05, 0) is 39.5 Å². The van der Waals surface area contributed by atoms with Crippen molar-refractivity contribution in [2.45, 2.75) is 57.7 Å². The molecule has 1 unspecified atom stereocenters. The Balaban J connectivity index is 2.25. The minimum absolute atomic E-state index is 0.0902. The molecule has 1 saturated carbocycles. The molecule has 1 aliphatic rings. The molecule has 88 valence electrons. The Labute approximate surface area is 92.0 Å². The smallest absolute Gasteiger partial charge is 0.236 e. The van der Waals surface area contributed by atoms with E-state index in [4.69, 9.17) is 5.73 Å². The fraction of sp³-hybridized carbons (Fsp3) is 0.909. The summed E-state index contributed by atoms with van der Waals surface area (Å²) >= 11 is 0. The molecule has 1 fully saturated rings. The number of nitrogens with two attached hydrogens (primary N) is 1. The molecule has 1 atom stereocenters. The molecule has 4 heteroatoms. The van der Waals surface area contributed by atoms with Crippen LogP contribution in [-0.4, -0.2) is 30.6 Å². The van der Waals surface area contributed by atoms with Crippen molar-refractivity contribution in [1.29, 1.82) is 0 Å². The molecule has 0 bridgehead atoms. The second kappa shape index (κ2) is 6.08. The van der Waals surface area contributed by atoms with Crippen LogP contribution in [-0.2, 0) is 4.79 Å². The van der Waals surface area contributed by atoms with Gasteiger partial charge >= 0.3 is 0 Å². The molecule has 0 aromatic carbocycles. The van der Waals surface area contributed by atoms with E-state index >= 15 is 0 Å². The Morgan fingerprint density at radius 1 is 1.40 bits per heavy atom. The van der Waals surface area contributed by atoms with Crippen LogP contribution in [0.25, 0.3) is 0 Å². The fourth-order valence-corrected chi connectivity index (χ4v) is 2.04. The first-order valence-electron chi connectivity index (χ1n) is 5.92. The maximum absolute atomic E-state index is 11.5. The summed E-state index contributed by atoms with van der Waals surface area (Å²) in [6, 6.07) is 0.731. The molecule has 15 heavy (non-hydrogen) atoms. The van der Waals surface area contributed by atoms with E-state index in [1.807, 2.05) is 13.8 Å². The third-order valence-corrected chi connectivity index (χ3v) is 3.00. The van der Waals surface area contributed by atoms with E-state index in [9.17, 15) is 4.79 Å². The lowest BCUT2D eigenvalue weighted by Crippen LogP contribution is -2.48. The molecule has 1 amide bonds. The lowest BCUT2D eigenvalue weighted by molar-refractivity contribution is -0.122. The molecule has 4 N–H and O–H groups in total. The van der Waals surface area contributed by atoms with Gasteiger partial charge in [-0.3, -0.25) is 4.79 Å². The number of hydrogen-bond donors (Lipinski definition) is 3. The van der Waals surface area contributed by atoms with Crippen LogP contribution < -0.4 is 16.4 Å². The van der Waals surface area contributed by atoms with E-state index in [2.05, 4.69) is 10.6 Å². The Kier molecular flexibility index (Phi) is 5.05. The van der Waals surface area contributed by atoms with Crippen LogP contribution in [0.4, 0.5) is 0 Å². The number of carbonyl (C=O) groups is 1. The van der Waals surface area contributed by atoms with Crippen LogP contribution in [0.5, 0.6) is 0 Å². The molecule has 0 aromatic heterocycles. The molecule has 0 heterocycles. The van der Waals surface area contributed by atoms with Crippen LogP contribution in [0.3, 0.4) is 0 Å². The van der Waals surface area contributed by atoms with Crippen molar-refractivity contribution >= 4 is 5.91 Å². The first-order chi connectivity index (χ1) is 7.13. The number of hydrogen-bond acceptors (Lipinski definition) is 3. The number of rotatable bonds is 4. The Hall–Kier alpha value is -0.610. The van der Waals surface area contributed by atoms with E-state index in [1.54, 1.807) is 0 Å². The van der Waals surface area contributed by atoms with Gasteiger partial charge in [0.1, 0.15) is 0 Å². The first kappa shape index (κ1) is 12.5. The van der Waals surface area contributed by atoms with Gasteiger partial charge < -0.3 is 16.4 Å². The fourth-order valence-electron chi connectivity index (χ4n) is 2.04. The zero-order chi connectivity index (χ0) is 11.3. The summed E-state index contributed by atoms with van der Waals surface area (Å²) in [5.41, 5.74) is 5.83. The summed E-state index contributed by atoms with van der Waals surface area (Å²) < 4.78 is 0. The summed E-state index contributed by atoms with van der Waals surface area (Å²) in [5.74, 6) is 0.0902. The largest absolute Gasteiger partial charge is 0.355 e. The molecule has 0 radical (unpaired) electrons. The highest BCUT2D eigenvalue weighted by molar-refractivity contribution is 5.81. The maximum atomic E-state index is 11.5. The predicted molar refractivity (Wildman–Crippen MR) is 61.5 cm³/mol. The van der Waals surface area contributed by atoms with Gasteiger partial charge in [-0.15, -0.1) is 0 Å². The van der Waals surface area contributed by atoms with E-state index in [-0.39, 0.29) is 11.9 Å². The Morgan fingerprint density at radius 2 is 2.00 bits per heavy atom. The summed E-state index contributed by atoms with van der Waals surface area (Å²) in [6.45, 7) is 4.55. The van der Waals surface area contributed by atoms with Crippen molar-refractivity contribution in [3.8, 4) is 0 Å². The van der Waals surface area contributed by atoms with Crippen LogP contribution in [0.15, 0.2) is 0 Å². The van der Waals surface area contributed by atoms with E-state index in [0.717, 1.165) is 25.7 Å². The highest BCUT2D eigenvalue weighted by Gasteiger charge is 2.21. The van der Waals surface area contributed by atoms with Gasteiger partial charge in [0.2, 0.25) is 5.91 Å². The third-order valence-electron chi connectivity index (χ3n) is 3.00. The average molecular weight is 213 g/mol. The van der Waals surface area contributed by atoms with Crippen molar-refractivity contribution in [3.63, 3.8) is 0 Å². The molecule has 0 aliphatic heterocycles. The molecule has 0 saturated heterocycles. The molecular weight excluding hydrogens is 190 g/mol. The van der Waals surface area contributed by atoms with E-state index < -0.39 is 0 Å². The van der Waals surface area contributed by atoms with Crippen LogP contribution in [0.1, 0.15) is 39.5 Å². The monoisotopic (exact) mass is 213 g/mol. The Bertz CT molecular complexity index is 200. The number of amides is 1. The van der Waals surface area contributed by atoms with Crippen molar-refractivity contribution in [2.24, 2.45) is 5.73 Å². The van der Waals surface area contributed by atoms with E-state index in [1.165, 1.54) is 0 Å². The molecule has 1 rings (SSSR count). The van der Waals surface area contributed by atoms with Crippen LogP contribution in [0.2, 0.25) is 0 Å². The number of likely N-dealkylation sites (N-methyl/N-ethyl adjacent to an activating group) is 1. The molecule has 1 aliphatic carbocycles. The van der Waals surface area contributed by atoms with Crippen molar-refractivity contribution in [1.82, 2.24) is 10.6 Å². The van der Waals surface area contributed by atoms with Gasteiger partial charge in [0, 0.05) is 18.6 Å². The standard InChI is InChI=1S/C11H23N3O/c1-3-13-11(15)8(2)14-10-6-4-9(12)5-7-10/h8-10,14H,3-7,12H2,1-2H3,(H,13,15). The molecule has 0 spiro atoms. The number of nitrogens with one attached hydrogen (secondary N) is 2. The lowest BCUT2D eigenvalue weighted by Gasteiger charge is -2.29. The Morgan fingerprint density at radius 3 is 2.53 bits per heavy atom. The maximum Gasteiger partial charge on any atom is 0.236 e. The summed E-state index contributed by atoms with van der Waals surface area (Å²) in [4.78, 5) is 11.5. The second-order valence-electron chi connectivity index (χ2n) is 4.39. The van der Waals surface area contributed by atoms with Crippen molar-refractivity contribution in [3.05, 3.63) is 0 Å². The van der Waals surface area contributed by atoms with Crippen LogP contribution in [0, 0.1) is 0 Å². The van der Waals surface area contributed by atoms with Crippen molar-refractivity contribution < 1.29 is 4.79 Å². The van der Waals surface area contributed by atoms with Gasteiger partial charge in [-0.1, -0.05) is 0 Å². The topological polar surface area (TPSA) is 67.2 Å². The zero-order valence-corrected chi connectivity index (χ0v) is 9.75. The average Bonchev–Trinajstić information content (AvgIpc) is 2.22. The quantitative estimate of drug-likeness (QED) is 0.632. The van der Waals surface area contributed by atoms with Crippen LogP contribution >= 0.6 is 0 Å². The van der Waals surface area contributed by atoms with Gasteiger partial charge in [0.25, 0.3) is 0 Å². The minimum Gasteiger partial charge on any atom is -0.355 e. The second-order valence-corrected chi connectivity index (χ2v) is 4.39. The molecule has 4 nitrogen and oxygen atoms in total. The normalized spacial score (nSPS) is 28.5. The van der Waals surface area contributed by atoms with Gasteiger partial charge in [0.15, 0.2) is 0 Å². The summed E-state index contributed by atoms with van der Waals surface area (Å²) in [7, 11) is 0. The predicted octanol–water partition coefficient (Wildman–Crippen LogP) is 0.371. The summed E-state index contributed by atoms with van der Waals surface area (Å²) in [6.07, 6.45) is 4.31. The molecule has 0 aromatic rings. The highest BCUT2D eigenvalue weighted by Crippen LogP contribution is 2.17. The third kappa shape index (κ3) is 4.18. The summed E-state index contributed by atoms with van der Waals surface area (Å²) in [5, 5.41) is 6.17. The molecular formula is C11H23N3O. The van der Waals surface area contributed by atoms with Gasteiger partial charge in [-0.2, -0.15) is 0 Å². The minimum atomic E-state index is -0.0933. The lowest BCUT2D eigenvalue weighted by atomic mass is 9.91. The van der Waals surface area contributed by atoms with Gasteiger partial charge in [0.05, 0.1) is 6.04 Å². The zero-order valence-electron chi connectivity index (χ0n) is 9.75. The first-order valence-corrected chi connectivity index (χ1v) is 5.92. The van der Waals surface area contributed by atoms with E-state index in [0.29, 0.717) is 18.6 Å². The van der Waals surface area contributed by atoms with Crippen molar-refractivity contribution in [2.75, 3.05) is 6.54 Å². The highest BCUT2D eigenvalue weighted by atomic mass is 16.2. The SMILES string of the molecule is CCNC(=O)C(C)NC1CCC(N)CC1. The number of carbonyl (C=O) groups excluding carboxylic acids is 1. The van der Waals surface area contributed by atoms with Gasteiger partial charge in [-0.25, -0.2) is 0 Å².